The highest BCUT2D eigenvalue weighted by atomic mass is 19.1. The highest BCUT2D eigenvalue weighted by Gasteiger charge is 2.63. The molecule has 0 radical (unpaired) electrons. The summed E-state index contributed by atoms with van der Waals surface area (Å²) in [5, 5.41) is 11.2. The largest absolute Gasteiger partial charge is 0.383 e. The minimum absolute atomic E-state index is 0.120. The number of hydrogen-bond acceptors (Lipinski definition) is 6. The summed E-state index contributed by atoms with van der Waals surface area (Å²) in [5.74, 6) is 0. The Kier molecular flexibility index (Phi) is 7.94. The number of aliphatic hydroxyl groups is 1. The van der Waals surface area contributed by atoms with E-state index in [2.05, 4.69) is 4.98 Å². The molecule has 1 aromatic heterocycles. The van der Waals surface area contributed by atoms with E-state index in [9.17, 15) is 19.1 Å². The molecule has 8 nitrogen and oxygen atoms in total. The molecule has 4 atom stereocenters. The first kappa shape index (κ1) is 22.7. The summed E-state index contributed by atoms with van der Waals surface area (Å²) in [6, 6.07) is 1.14. The Bertz CT molecular complexity index is 734. The van der Waals surface area contributed by atoms with E-state index in [-0.39, 0.29) is 6.61 Å². The third kappa shape index (κ3) is 4.71. The van der Waals surface area contributed by atoms with Gasteiger partial charge in [-0.05, 0) is 19.8 Å². The van der Waals surface area contributed by atoms with Crippen LogP contribution in [-0.2, 0) is 14.2 Å². The van der Waals surface area contributed by atoms with Crippen LogP contribution in [0.2, 0.25) is 0 Å². The zero-order chi connectivity index (χ0) is 20.8. The van der Waals surface area contributed by atoms with Crippen LogP contribution in [0.15, 0.2) is 21.9 Å². The predicted octanol–water partition coefficient (Wildman–Crippen LogP) is 1.53. The molecule has 1 fully saturated rings. The molecule has 1 aromatic rings. The number of rotatable bonds is 11. The molecular formula is C19H31FN2O6. The summed E-state index contributed by atoms with van der Waals surface area (Å²) in [4.78, 5) is 25.7. The van der Waals surface area contributed by atoms with Gasteiger partial charge < -0.3 is 19.3 Å². The Balaban J connectivity index is 2.37. The fraction of sp³-hybridized carbons (Fsp3) is 0.789. The molecule has 2 rings (SSSR count). The second-order valence-electron chi connectivity index (χ2n) is 7.42. The lowest BCUT2D eigenvalue weighted by Gasteiger charge is -2.34. The third-order valence-corrected chi connectivity index (χ3v) is 4.96. The average molecular weight is 402 g/mol. The summed E-state index contributed by atoms with van der Waals surface area (Å²) in [5.41, 5.74) is -4.62. The van der Waals surface area contributed by atoms with Crippen LogP contribution >= 0.6 is 0 Å². The number of halogens is 1. The van der Waals surface area contributed by atoms with Crippen LogP contribution in [0.3, 0.4) is 0 Å². The number of aromatic nitrogens is 2. The van der Waals surface area contributed by atoms with E-state index in [1.54, 1.807) is 0 Å². The monoisotopic (exact) mass is 402 g/mol. The molecule has 0 aromatic carbocycles. The number of hydrogen-bond donors (Lipinski definition) is 2. The number of ether oxygens (including phenoxy) is 3. The van der Waals surface area contributed by atoms with Crippen molar-refractivity contribution in [2.45, 2.75) is 70.0 Å². The number of aromatic amines is 1. The van der Waals surface area contributed by atoms with Gasteiger partial charge in [0.2, 0.25) is 0 Å². The van der Waals surface area contributed by atoms with Crippen molar-refractivity contribution in [3.8, 4) is 0 Å². The zero-order valence-corrected chi connectivity index (χ0v) is 16.8. The van der Waals surface area contributed by atoms with Crippen molar-refractivity contribution in [1.82, 2.24) is 9.55 Å². The summed E-state index contributed by atoms with van der Waals surface area (Å²) in [6.45, 7) is 5.10. The Morgan fingerprint density at radius 3 is 2.57 bits per heavy atom. The first-order valence-corrected chi connectivity index (χ1v) is 9.79. The van der Waals surface area contributed by atoms with Crippen LogP contribution in [0.25, 0.3) is 0 Å². The van der Waals surface area contributed by atoms with Crippen LogP contribution in [0.5, 0.6) is 0 Å². The van der Waals surface area contributed by atoms with Gasteiger partial charge in [0.1, 0.15) is 18.4 Å². The van der Waals surface area contributed by atoms with Gasteiger partial charge in [-0.3, -0.25) is 14.3 Å². The third-order valence-electron chi connectivity index (χ3n) is 4.96. The quantitative estimate of drug-likeness (QED) is 0.544. The van der Waals surface area contributed by atoms with Crippen molar-refractivity contribution < 1.29 is 23.7 Å². The van der Waals surface area contributed by atoms with Crippen molar-refractivity contribution >= 4 is 0 Å². The molecular weight excluding hydrogens is 371 g/mol. The van der Waals surface area contributed by atoms with Crippen LogP contribution < -0.4 is 11.2 Å². The van der Waals surface area contributed by atoms with Gasteiger partial charge in [0.25, 0.3) is 5.56 Å². The minimum Gasteiger partial charge on any atom is -0.383 e. The van der Waals surface area contributed by atoms with Gasteiger partial charge in [-0.25, -0.2) is 9.18 Å². The number of unbranched alkanes of at least 4 members (excludes halogenated alkanes) is 2. The first-order valence-electron chi connectivity index (χ1n) is 9.79. The second-order valence-corrected chi connectivity index (χ2v) is 7.42. The standard InChI is InChI=1S/C19H31FN2O6/c1-4-6-10-26-13-19(12-20)15(27-11-7-5-2)18(3,25)16(28-19)22-9-8-14(23)21-17(22)24/h8-9,15-16,25H,4-7,10-13H2,1-3H3,(H,21,23,24)/t15-,16+,18-,19+/m0/s1. The van der Waals surface area contributed by atoms with Crippen molar-refractivity contribution in [1.29, 1.82) is 0 Å². The van der Waals surface area contributed by atoms with Gasteiger partial charge in [-0.2, -0.15) is 0 Å². The maximum Gasteiger partial charge on any atom is 0.330 e. The molecule has 160 valence electrons. The highest BCUT2D eigenvalue weighted by molar-refractivity contribution is 5.09. The van der Waals surface area contributed by atoms with Gasteiger partial charge in [0, 0.05) is 25.5 Å². The van der Waals surface area contributed by atoms with Crippen LogP contribution in [-0.4, -0.2) is 58.5 Å². The lowest BCUT2D eigenvalue weighted by Crippen LogP contribution is -2.55. The van der Waals surface area contributed by atoms with Gasteiger partial charge in [0.05, 0.1) is 6.61 Å². The molecule has 0 aliphatic carbocycles. The topological polar surface area (TPSA) is 103 Å². The van der Waals surface area contributed by atoms with E-state index >= 15 is 0 Å². The number of alkyl halides is 1. The number of nitrogens with one attached hydrogen (secondary N) is 1. The molecule has 1 saturated heterocycles. The zero-order valence-electron chi connectivity index (χ0n) is 16.8. The van der Waals surface area contributed by atoms with Crippen LogP contribution in [0, 0.1) is 0 Å². The van der Waals surface area contributed by atoms with Gasteiger partial charge >= 0.3 is 5.69 Å². The molecule has 1 aliphatic rings. The van der Waals surface area contributed by atoms with E-state index in [0.717, 1.165) is 36.3 Å². The second kappa shape index (κ2) is 9.78. The number of nitrogens with zero attached hydrogens (tertiary/aromatic N) is 1. The summed E-state index contributed by atoms with van der Waals surface area (Å²) in [7, 11) is 0. The normalized spacial score (nSPS) is 30.0. The average Bonchev–Trinajstić information content (AvgIpc) is 2.87. The van der Waals surface area contributed by atoms with E-state index in [1.807, 2.05) is 13.8 Å². The molecule has 28 heavy (non-hydrogen) atoms. The molecule has 0 bridgehead atoms. The van der Waals surface area contributed by atoms with Gasteiger partial charge in [0.15, 0.2) is 11.8 Å². The van der Waals surface area contributed by atoms with Crippen molar-refractivity contribution in [2.75, 3.05) is 26.5 Å². The smallest absolute Gasteiger partial charge is 0.330 e. The highest BCUT2D eigenvalue weighted by Crippen LogP contribution is 2.46. The molecule has 2 heterocycles. The lowest BCUT2D eigenvalue weighted by atomic mass is 9.88. The molecule has 1 aliphatic heterocycles. The molecule has 9 heteroatoms. The Hall–Kier alpha value is -1.55. The minimum atomic E-state index is -1.73. The van der Waals surface area contributed by atoms with Crippen LogP contribution in [0.1, 0.15) is 52.7 Å². The first-order chi connectivity index (χ1) is 13.3. The van der Waals surface area contributed by atoms with E-state index in [1.165, 1.54) is 13.1 Å². The van der Waals surface area contributed by atoms with Crippen molar-refractivity contribution in [3.05, 3.63) is 33.1 Å². The van der Waals surface area contributed by atoms with Crippen LogP contribution in [0.4, 0.5) is 4.39 Å². The maximum absolute atomic E-state index is 14.3. The summed E-state index contributed by atoms with van der Waals surface area (Å²) in [6.07, 6.45) is 2.25. The van der Waals surface area contributed by atoms with E-state index < -0.39 is 41.5 Å². The fourth-order valence-electron chi connectivity index (χ4n) is 3.42. The van der Waals surface area contributed by atoms with E-state index in [4.69, 9.17) is 14.2 Å². The Labute approximate surface area is 163 Å². The van der Waals surface area contributed by atoms with Crippen molar-refractivity contribution in [3.63, 3.8) is 0 Å². The van der Waals surface area contributed by atoms with Crippen molar-refractivity contribution in [2.24, 2.45) is 0 Å². The Morgan fingerprint density at radius 2 is 1.96 bits per heavy atom. The van der Waals surface area contributed by atoms with Gasteiger partial charge in [-0.1, -0.05) is 26.7 Å². The molecule has 0 unspecified atom stereocenters. The number of H-pyrrole nitrogens is 1. The molecule has 0 saturated carbocycles. The summed E-state index contributed by atoms with van der Waals surface area (Å²) < 4.78 is 32.7. The maximum atomic E-state index is 14.3. The Morgan fingerprint density at radius 1 is 1.29 bits per heavy atom. The summed E-state index contributed by atoms with van der Waals surface area (Å²) >= 11 is 0. The van der Waals surface area contributed by atoms with E-state index in [0.29, 0.717) is 13.2 Å². The predicted molar refractivity (Wildman–Crippen MR) is 101 cm³/mol. The molecule has 0 amide bonds. The SMILES string of the molecule is CCCCOC[C@@]1(CF)O[C@@H](n2ccc(=O)[nH]c2=O)[C@@](C)(O)[C@@H]1OCCCC. The lowest BCUT2D eigenvalue weighted by molar-refractivity contribution is -0.161. The molecule has 0 spiro atoms. The van der Waals surface area contributed by atoms with Gasteiger partial charge in [-0.15, -0.1) is 0 Å². The fourth-order valence-corrected chi connectivity index (χ4v) is 3.42. The molecule has 2 N–H and O–H groups in total.